The molecule has 0 amide bonds. The first kappa shape index (κ1) is 11.9. The second kappa shape index (κ2) is 5.14. The number of carbonyl (C=O) groups is 1. The molecule has 1 fully saturated rings. The number of anilines is 1. The normalized spacial score (nSPS) is 24.6. The lowest BCUT2D eigenvalue weighted by Gasteiger charge is -2.36. The molecule has 1 aromatic rings. The highest BCUT2D eigenvalue weighted by Gasteiger charge is 2.34. The van der Waals surface area contributed by atoms with E-state index in [0.29, 0.717) is 19.5 Å². The molecular weight excluding hydrogens is 220 g/mol. The first-order chi connectivity index (χ1) is 8.22. The van der Waals surface area contributed by atoms with Crippen LogP contribution in [0.2, 0.25) is 0 Å². The van der Waals surface area contributed by atoms with Crippen molar-refractivity contribution in [2.75, 3.05) is 25.1 Å². The number of carboxylic acids is 1. The van der Waals surface area contributed by atoms with Crippen molar-refractivity contribution < 1.29 is 14.6 Å². The lowest BCUT2D eigenvalue weighted by molar-refractivity contribution is -0.147. The number of hydrogen-bond acceptors (Lipinski definition) is 4. The molecule has 2 unspecified atom stereocenters. The van der Waals surface area contributed by atoms with Crippen molar-refractivity contribution in [3.05, 3.63) is 24.4 Å². The van der Waals surface area contributed by atoms with Crippen LogP contribution in [0.1, 0.15) is 6.42 Å². The molecule has 0 aliphatic carbocycles. The van der Waals surface area contributed by atoms with Crippen LogP contribution in [0.3, 0.4) is 0 Å². The number of piperidine rings is 1. The van der Waals surface area contributed by atoms with Crippen molar-refractivity contribution in [2.45, 2.75) is 12.5 Å². The van der Waals surface area contributed by atoms with Crippen molar-refractivity contribution in [3.8, 4) is 0 Å². The number of ether oxygens (including phenoxy) is 1. The number of aromatic nitrogens is 1. The Bertz CT molecular complexity index is 383. The minimum Gasteiger partial charge on any atom is -0.481 e. The summed E-state index contributed by atoms with van der Waals surface area (Å²) in [6.45, 7) is 1.28. The molecule has 1 aliphatic rings. The number of methoxy groups -OCH3 is 1. The van der Waals surface area contributed by atoms with E-state index in [0.717, 1.165) is 5.82 Å². The lowest BCUT2D eigenvalue weighted by Crippen LogP contribution is -2.47. The maximum absolute atomic E-state index is 11.1. The van der Waals surface area contributed by atoms with Crippen molar-refractivity contribution in [2.24, 2.45) is 5.92 Å². The van der Waals surface area contributed by atoms with Crippen molar-refractivity contribution in [1.29, 1.82) is 0 Å². The maximum Gasteiger partial charge on any atom is 0.309 e. The molecule has 1 aliphatic heterocycles. The van der Waals surface area contributed by atoms with E-state index in [4.69, 9.17) is 9.84 Å². The van der Waals surface area contributed by atoms with Crippen LogP contribution in [-0.4, -0.2) is 42.4 Å². The van der Waals surface area contributed by atoms with Crippen molar-refractivity contribution in [1.82, 2.24) is 4.98 Å². The highest BCUT2D eigenvalue weighted by Crippen LogP contribution is 2.23. The van der Waals surface area contributed by atoms with Crippen LogP contribution in [0.5, 0.6) is 0 Å². The van der Waals surface area contributed by atoms with Crippen LogP contribution in [0.25, 0.3) is 0 Å². The number of nitrogens with zero attached hydrogens (tertiary/aromatic N) is 2. The predicted molar refractivity (Wildman–Crippen MR) is 63.0 cm³/mol. The summed E-state index contributed by atoms with van der Waals surface area (Å²) in [5.41, 5.74) is 0. The molecule has 0 spiro atoms. The Balaban J connectivity index is 2.09. The lowest BCUT2D eigenvalue weighted by atomic mass is 9.94. The van der Waals surface area contributed by atoms with Crippen molar-refractivity contribution >= 4 is 11.8 Å². The van der Waals surface area contributed by atoms with Crippen LogP contribution < -0.4 is 4.90 Å². The molecule has 0 aromatic carbocycles. The van der Waals surface area contributed by atoms with E-state index < -0.39 is 11.9 Å². The standard InChI is InChI=1S/C12H16N2O3/c1-17-10-8-14(7-5-9(10)12(15)16)11-4-2-3-6-13-11/h2-4,6,9-10H,5,7-8H2,1H3,(H,15,16). The fraction of sp³-hybridized carbons (Fsp3) is 0.500. The van der Waals surface area contributed by atoms with Crippen LogP contribution >= 0.6 is 0 Å². The molecule has 92 valence electrons. The summed E-state index contributed by atoms with van der Waals surface area (Å²) < 4.78 is 5.27. The van der Waals surface area contributed by atoms with Gasteiger partial charge in [-0.05, 0) is 18.6 Å². The highest BCUT2D eigenvalue weighted by molar-refractivity contribution is 5.71. The van der Waals surface area contributed by atoms with Crippen LogP contribution in [0.4, 0.5) is 5.82 Å². The minimum atomic E-state index is -0.780. The van der Waals surface area contributed by atoms with E-state index in [-0.39, 0.29) is 6.10 Å². The van der Waals surface area contributed by atoms with Crippen LogP contribution in [0, 0.1) is 5.92 Å². The fourth-order valence-electron chi connectivity index (χ4n) is 2.19. The van der Waals surface area contributed by atoms with Gasteiger partial charge in [-0.1, -0.05) is 6.07 Å². The smallest absolute Gasteiger partial charge is 0.309 e. The summed E-state index contributed by atoms with van der Waals surface area (Å²) in [5.74, 6) is -0.323. The van der Waals surface area contributed by atoms with Gasteiger partial charge in [0.1, 0.15) is 5.82 Å². The van der Waals surface area contributed by atoms with Gasteiger partial charge in [0.05, 0.1) is 12.0 Å². The Morgan fingerprint density at radius 1 is 1.59 bits per heavy atom. The van der Waals surface area contributed by atoms with E-state index in [1.165, 1.54) is 0 Å². The minimum absolute atomic E-state index is 0.275. The van der Waals surface area contributed by atoms with Gasteiger partial charge in [-0.15, -0.1) is 0 Å². The predicted octanol–water partition coefficient (Wildman–Crippen LogP) is 1.01. The van der Waals surface area contributed by atoms with Gasteiger partial charge >= 0.3 is 5.97 Å². The van der Waals surface area contributed by atoms with E-state index in [1.807, 2.05) is 18.2 Å². The molecule has 1 aromatic heterocycles. The average molecular weight is 236 g/mol. The topological polar surface area (TPSA) is 62.7 Å². The molecule has 1 N–H and O–H groups in total. The van der Waals surface area contributed by atoms with Gasteiger partial charge in [-0.25, -0.2) is 4.98 Å². The van der Waals surface area contributed by atoms with Gasteiger partial charge in [0.25, 0.3) is 0 Å². The summed E-state index contributed by atoms with van der Waals surface area (Å²) in [4.78, 5) is 17.4. The van der Waals surface area contributed by atoms with Gasteiger partial charge in [0, 0.05) is 26.4 Å². The maximum atomic E-state index is 11.1. The molecule has 5 heteroatoms. The SMILES string of the molecule is COC1CN(c2ccccn2)CCC1C(=O)O. The van der Waals surface area contributed by atoms with Crippen LogP contribution in [-0.2, 0) is 9.53 Å². The zero-order valence-corrected chi connectivity index (χ0v) is 9.74. The Labute approximate surface area is 100 Å². The molecular formula is C12H16N2O3. The number of hydrogen-bond donors (Lipinski definition) is 1. The number of pyridine rings is 1. The van der Waals surface area contributed by atoms with Gasteiger partial charge in [-0.3, -0.25) is 4.79 Å². The zero-order valence-electron chi connectivity index (χ0n) is 9.74. The molecule has 0 bridgehead atoms. The number of aliphatic carboxylic acids is 1. The third kappa shape index (κ3) is 2.55. The molecule has 2 rings (SSSR count). The summed E-state index contributed by atoms with van der Waals surface area (Å²) in [6, 6.07) is 5.71. The van der Waals surface area contributed by atoms with Gasteiger partial charge in [-0.2, -0.15) is 0 Å². The highest BCUT2D eigenvalue weighted by atomic mass is 16.5. The van der Waals surface area contributed by atoms with Gasteiger partial charge < -0.3 is 14.7 Å². The summed E-state index contributed by atoms with van der Waals surface area (Å²) in [5, 5.41) is 9.08. The third-order valence-electron chi connectivity index (χ3n) is 3.15. The van der Waals surface area contributed by atoms with Gasteiger partial charge in [0.2, 0.25) is 0 Å². The summed E-state index contributed by atoms with van der Waals surface area (Å²) >= 11 is 0. The second-order valence-electron chi connectivity index (χ2n) is 4.14. The molecule has 0 radical (unpaired) electrons. The number of carboxylic acid groups (broad SMARTS) is 1. The molecule has 5 nitrogen and oxygen atoms in total. The Hall–Kier alpha value is -1.62. The molecule has 2 atom stereocenters. The van der Waals surface area contributed by atoms with Crippen LogP contribution in [0.15, 0.2) is 24.4 Å². The molecule has 17 heavy (non-hydrogen) atoms. The zero-order chi connectivity index (χ0) is 12.3. The molecule has 0 saturated carbocycles. The Morgan fingerprint density at radius 3 is 3.00 bits per heavy atom. The summed E-state index contributed by atoms with van der Waals surface area (Å²) in [6.07, 6.45) is 2.05. The molecule has 2 heterocycles. The van der Waals surface area contributed by atoms with E-state index in [2.05, 4.69) is 9.88 Å². The quantitative estimate of drug-likeness (QED) is 0.848. The molecule has 1 saturated heterocycles. The van der Waals surface area contributed by atoms with Crippen molar-refractivity contribution in [3.63, 3.8) is 0 Å². The third-order valence-corrected chi connectivity index (χ3v) is 3.15. The first-order valence-corrected chi connectivity index (χ1v) is 5.64. The second-order valence-corrected chi connectivity index (χ2v) is 4.14. The monoisotopic (exact) mass is 236 g/mol. The van der Waals surface area contributed by atoms with Gasteiger partial charge in [0.15, 0.2) is 0 Å². The van der Waals surface area contributed by atoms with E-state index in [9.17, 15) is 4.79 Å². The fourth-order valence-corrected chi connectivity index (χ4v) is 2.19. The Kier molecular flexibility index (Phi) is 3.58. The summed E-state index contributed by atoms with van der Waals surface area (Å²) in [7, 11) is 1.56. The largest absolute Gasteiger partial charge is 0.481 e. The Morgan fingerprint density at radius 2 is 2.41 bits per heavy atom. The first-order valence-electron chi connectivity index (χ1n) is 5.64. The average Bonchev–Trinajstić information content (AvgIpc) is 2.39. The number of rotatable bonds is 3. The van der Waals surface area contributed by atoms with E-state index >= 15 is 0 Å². The van der Waals surface area contributed by atoms with E-state index in [1.54, 1.807) is 13.3 Å².